The molecule has 0 aliphatic rings. The number of pyridine rings is 1. The molecule has 2 heterocycles. The van der Waals surface area contributed by atoms with Gasteiger partial charge in [-0.25, -0.2) is 9.97 Å². The van der Waals surface area contributed by atoms with Gasteiger partial charge in [0.2, 0.25) is 0 Å². The molecule has 108 valence electrons. The molecule has 1 N–H and O–H groups in total. The second-order valence-corrected chi connectivity index (χ2v) is 4.93. The molecule has 0 atom stereocenters. The first kappa shape index (κ1) is 13.8. The molecule has 0 radical (unpaired) electrons. The number of halogens is 4. The molecule has 21 heavy (non-hydrogen) atoms. The third-order valence-corrected chi connectivity index (χ3v) is 3.23. The summed E-state index contributed by atoms with van der Waals surface area (Å²) in [5.41, 5.74) is -2.49. The third kappa shape index (κ3) is 2.23. The highest BCUT2D eigenvalue weighted by atomic mass is 35.5. The van der Waals surface area contributed by atoms with E-state index in [9.17, 15) is 18.0 Å². The van der Waals surface area contributed by atoms with Crippen LogP contribution in [0, 0.1) is 6.92 Å². The van der Waals surface area contributed by atoms with Gasteiger partial charge in [-0.05, 0) is 25.1 Å². The fourth-order valence-corrected chi connectivity index (χ4v) is 2.37. The summed E-state index contributed by atoms with van der Waals surface area (Å²) in [6, 6.07) is 3.93. The summed E-state index contributed by atoms with van der Waals surface area (Å²) >= 11 is 5.77. The Morgan fingerprint density at radius 3 is 2.57 bits per heavy atom. The summed E-state index contributed by atoms with van der Waals surface area (Å²) in [5, 5.41) is -0.0317. The van der Waals surface area contributed by atoms with E-state index < -0.39 is 22.8 Å². The molecule has 0 unspecified atom stereocenters. The van der Waals surface area contributed by atoms with E-state index in [4.69, 9.17) is 11.6 Å². The van der Waals surface area contributed by atoms with Gasteiger partial charge in [-0.2, -0.15) is 13.2 Å². The Morgan fingerprint density at radius 2 is 1.90 bits per heavy atom. The number of aromatic amines is 1. The number of hydrogen-bond donors (Lipinski definition) is 1. The predicted octanol–water partition coefficient (Wildman–Crippen LogP) is 3.45. The average Bonchev–Trinajstić information content (AvgIpc) is 2.34. The number of fused-ring (bicyclic) bond motifs is 2. The number of nitrogens with one attached hydrogen (secondary N) is 1. The third-order valence-electron chi connectivity index (χ3n) is 2.99. The van der Waals surface area contributed by atoms with Crippen molar-refractivity contribution in [2.75, 3.05) is 0 Å². The minimum Gasteiger partial charge on any atom is -0.309 e. The van der Waals surface area contributed by atoms with Gasteiger partial charge in [0.25, 0.3) is 5.56 Å². The van der Waals surface area contributed by atoms with Gasteiger partial charge < -0.3 is 4.98 Å². The highest BCUT2D eigenvalue weighted by Crippen LogP contribution is 2.38. The lowest BCUT2D eigenvalue weighted by molar-refractivity contribution is -0.135. The molecule has 0 saturated heterocycles. The van der Waals surface area contributed by atoms with E-state index in [-0.39, 0.29) is 27.3 Å². The van der Waals surface area contributed by atoms with E-state index in [0.29, 0.717) is 0 Å². The fraction of sp³-hybridized carbons (Fsp3) is 0.154. The van der Waals surface area contributed by atoms with Crippen molar-refractivity contribution in [2.24, 2.45) is 0 Å². The first-order chi connectivity index (χ1) is 9.77. The Bertz CT molecular complexity index is 934. The zero-order valence-electron chi connectivity index (χ0n) is 10.5. The number of rotatable bonds is 0. The quantitative estimate of drug-likeness (QED) is 0.647. The topological polar surface area (TPSA) is 58.6 Å². The Labute approximate surface area is 120 Å². The van der Waals surface area contributed by atoms with Crippen LogP contribution in [0.3, 0.4) is 0 Å². The van der Waals surface area contributed by atoms with E-state index >= 15 is 0 Å². The van der Waals surface area contributed by atoms with E-state index in [1.807, 2.05) is 0 Å². The zero-order valence-corrected chi connectivity index (χ0v) is 11.3. The zero-order chi connectivity index (χ0) is 15.4. The lowest BCUT2D eigenvalue weighted by Gasteiger charge is -2.13. The maximum Gasteiger partial charge on any atom is 0.419 e. The monoisotopic (exact) mass is 313 g/mol. The van der Waals surface area contributed by atoms with Crippen molar-refractivity contribution in [3.05, 3.63) is 45.0 Å². The largest absolute Gasteiger partial charge is 0.419 e. The number of alkyl halides is 3. The minimum atomic E-state index is -4.68. The summed E-state index contributed by atoms with van der Waals surface area (Å²) < 4.78 is 40.3. The molecule has 2 aromatic heterocycles. The van der Waals surface area contributed by atoms with Gasteiger partial charge in [0.1, 0.15) is 11.3 Å². The Kier molecular flexibility index (Phi) is 2.91. The Morgan fingerprint density at radius 1 is 1.19 bits per heavy atom. The standard InChI is InChI=1S/C13H7ClF3N3O/c1-5-18-10-9(13(15,16)17)7-4-6(14)2-3-8(7)20-11(10)12(21)19-5/h2-4H,1H3,(H,18,19,21). The van der Waals surface area contributed by atoms with Gasteiger partial charge in [-0.3, -0.25) is 4.79 Å². The summed E-state index contributed by atoms with van der Waals surface area (Å²) in [6.45, 7) is 1.41. The molecule has 3 rings (SSSR count). The molecular formula is C13H7ClF3N3O. The van der Waals surface area contributed by atoms with Crippen molar-refractivity contribution in [2.45, 2.75) is 13.1 Å². The number of hydrogen-bond acceptors (Lipinski definition) is 3. The fourth-order valence-electron chi connectivity index (χ4n) is 2.20. The van der Waals surface area contributed by atoms with Gasteiger partial charge >= 0.3 is 6.18 Å². The summed E-state index contributed by atoms with van der Waals surface area (Å²) in [7, 11) is 0. The molecule has 0 saturated carbocycles. The molecule has 0 bridgehead atoms. The normalized spacial score (nSPS) is 12.2. The lowest BCUT2D eigenvalue weighted by atomic mass is 10.1. The molecule has 0 fully saturated rings. The highest BCUT2D eigenvalue weighted by Gasteiger charge is 2.36. The number of aromatic nitrogens is 3. The van der Waals surface area contributed by atoms with Crippen LogP contribution in [0.4, 0.5) is 13.2 Å². The predicted molar refractivity (Wildman–Crippen MR) is 72.4 cm³/mol. The lowest BCUT2D eigenvalue weighted by Crippen LogP contribution is -2.16. The van der Waals surface area contributed by atoms with Crippen LogP contribution in [0.1, 0.15) is 11.4 Å². The van der Waals surface area contributed by atoms with Crippen LogP contribution in [0.2, 0.25) is 5.02 Å². The summed E-state index contributed by atoms with van der Waals surface area (Å²) in [4.78, 5) is 22.0. The molecule has 4 nitrogen and oxygen atoms in total. The van der Waals surface area contributed by atoms with E-state index in [1.165, 1.54) is 25.1 Å². The van der Waals surface area contributed by atoms with Crippen LogP contribution in [-0.4, -0.2) is 15.0 Å². The average molecular weight is 314 g/mol. The van der Waals surface area contributed by atoms with Crippen LogP contribution in [-0.2, 0) is 6.18 Å². The Hall–Kier alpha value is -2.15. The second kappa shape index (κ2) is 4.42. The van der Waals surface area contributed by atoms with Gasteiger partial charge in [0, 0.05) is 10.4 Å². The highest BCUT2D eigenvalue weighted by molar-refractivity contribution is 6.31. The first-order valence-corrected chi connectivity index (χ1v) is 6.22. The van der Waals surface area contributed by atoms with Crippen molar-refractivity contribution in [1.29, 1.82) is 0 Å². The van der Waals surface area contributed by atoms with Gasteiger partial charge in [0.05, 0.1) is 11.1 Å². The molecule has 0 amide bonds. The van der Waals surface area contributed by atoms with Gasteiger partial charge in [0.15, 0.2) is 5.52 Å². The molecule has 0 aliphatic carbocycles. The number of H-pyrrole nitrogens is 1. The summed E-state index contributed by atoms with van der Waals surface area (Å²) in [6.07, 6.45) is -4.68. The van der Waals surface area contributed by atoms with E-state index in [0.717, 1.165) is 0 Å². The smallest absolute Gasteiger partial charge is 0.309 e. The van der Waals surface area contributed by atoms with Crippen molar-refractivity contribution in [3.63, 3.8) is 0 Å². The number of nitrogens with zero attached hydrogens (tertiary/aromatic N) is 2. The van der Waals surface area contributed by atoms with Crippen molar-refractivity contribution in [1.82, 2.24) is 15.0 Å². The molecule has 3 aromatic rings. The van der Waals surface area contributed by atoms with Gasteiger partial charge in [-0.1, -0.05) is 11.6 Å². The Balaban J connectivity index is 2.66. The van der Waals surface area contributed by atoms with Crippen molar-refractivity contribution >= 4 is 33.5 Å². The van der Waals surface area contributed by atoms with Crippen LogP contribution in [0.15, 0.2) is 23.0 Å². The van der Waals surface area contributed by atoms with Crippen LogP contribution >= 0.6 is 11.6 Å². The minimum absolute atomic E-state index is 0.0374. The SMILES string of the molecule is Cc1nc2c(C(F)(F)F)c3cc(Cl)ccc3nc2c(=O)[nH]1. The van der Waals surface area contributed by atoms with Crippen LogP contribution in [0.5, 0.6) is 0 Å². The summed E-state index contributed by atoms with van der Waals surface area (Å²) in [5.74, 6) is 0.0844. The number of aryl methyl sites for hydroxylation is 1. The van der Waals surface area contributed by atoms with Crippen molar-refractivity contribution < 1.29 is 13.2 Å². The molecule has 1 aromatic carbocycles. The van der Waals surface area contributed by atoms with Crippen LogP contribution in [0.25, 0.3) is 21.9 Å². The first-order valence-electron chi connectivity index (χ1n) is 5.84. The molecule has 0 aliphatic heterocycles. The maximum atomic E-state index is 13.4. The molecule has 8 heteroatoms. The maximum absolute atomic E-state index is 13.4. The number of benzene rings is 1. The molecule has 0 spiro atoms. The van der Waals surface area contributed by atoms with E-state index in [1.54, 1.807) is 0 Å². The van der Waals surface area contributed by atoms with Gasteiger partial charge in [-0.15, -0.1) is 0 Å². The molecular weight excluding hydrogens is 307 g/mol. The van der Waals surface area contributed by atoms with Crippen molar-refractivity contribution in [3.8, 4) is 0 Å². The van der Waals surface area contributed by atoms with Crippen LogP contribution < -0.4 is 5.56 Å². The van der Waals surface area contributed by atoms with E-state index in [2.05, 4.69) is 15.0 Å². The second-order valence-electron chi connectivity index (χ2n) is 4.49.